The maximum atomic E-state index is 4.47. The normalized spacial score (nSPS) is 11.5. The van der Waals surface area contributed by atoms with E-state index in [0.29, 0.717) is 0 Å². The Morgan fingerprint density at radius 3 is 2.33 bits per heavy atom. The second-order valence-corrected chi connectivity index (χ2v) is 7.95. The summed E-state index contributed by atoms with van der Waals surface area (Å²) in [5.74, 6) is 0. The molecule has 0 unspecified atom stereocenters. The van der Waals surface area contributed by atoms with Crippen LogP contribution >= 0.6 is 0 Å². The number of aliphatic imine (C=N–C) groups is 1. The quantitative estimate of drug-likeness (QED) is 0.319. The van der Waals surface area contributed by atoms with E-state index in [4.69, 9.17) is 0 Å². The van der Waals surface area contributed by atoms with Gasteiger partial charge in [-0.3, -0.25) is 4.99 Å². The summed E-state index contributed by atoms with van der Waals surface area (Å²) in [6, 6.07) is 2.63. The Morgan fingerprint density at radius 2 is 1.80 bits per heavy atom. The van der Waals surface area contributed by atoms with Crippen LogP contribution in [0.25, 0.3) is 0 Å². The lowest BCUT2D eigenvalue weighted by Crippen LogP contribution is -2.13. The molecule has 0 saturated carbocycles. The Hall–Kier alpha value is -0.373. The molecule has 0 bridgehead atoms. The number of allylic oxidation sites excluding steroid dienone is 1. The van der Waals surface area contributed by atoms with Crippen LogP contribution in [-0.4, -0.2) is 21.6 Å². The van der Waals surface area contributed by atoms with E-state index in [1.54, 1.807) is 0 Å². The van der Waals surface area contributed by atoms with Gasteiger partial charge in [-0.25, -0.2) is 0 Å². The average Bonchev–Trinajstić information content (AvgIpc) is 2.25. The van der Waals surface area contributed by atoms with Crippen molar-refractivity contribution in [3.05, 3.63) is 11.8 Å². The molecule has 0 aromatic heterocycles. The van der Waals surface area contributed by atoms with Crippen molar-refractivity contribution in [2.45, 2.75) is 58.5 Å². The zero-order valence-corrected chi connectivity index (χ0v) is 11.9. The topological polar surface area (TPSA) is 12.4 Å². The molecule has 0 spiro atoms. The molecule has 1 nitrogen and oxygen atoms in total. The van der Waals surface area contributed by atoms with Crippen molar-refractivity contribution < 1.29 is 0 Å². The zero-order chi connectivity index (χ0) is 11.5. The third-order valence-electron chi connectivity index (χ3n) is 2.91. The molecule has 88 valence electrons. The van der Waals surface area contributed by atoms with E-state index in [1.165, 1.54) is 43.0 Å². The van der Waals surface area contributed by atoms with Crippen molar-refractivity contribution in [1.82, 2.24) is 0 Å². The van der Waals surface area contributed by atoms with Crippen molar-refractivity contribution in [2.24, 2.45) is 4.99 Å². The first-order chi connectivity index (χ1) is 7.26. The average molecular weight is 225 g/mol. The molecule has 0 aliphatic carbocycles. The van der Waals surface area contributed by atoms with E-state index < -0.39 is 8.80 Å². The lowest BCUT2D eigenvalue weighted by atomic mass is 10.2. The molecule has 0 atom stereocenters. The maximum absolute atomic E-state index is 4.47. The van der Waals surface area contributed by atoms with Gasteiger partial charge in [0.05, 0.1) is 8.80 Å². The summed E-state index contributed by atoms with van der Waals surface area (Å²) in [5.41, 5.74) is 0. The molecule has 15 heavy (non-hydrogen) atoms. The Labute approximate surface area is 97.3 Å². The lowest BCUT2D eigenvalue weighted by Gasteiger charge is -2.09. The minimum absolute atomic E-state index is 0.695. The first-order valence-corrected chi connectivity index (χ1v) is 8.65. The van der Waals surface area contributed by atoms with Gasteiger partial charge < -0.3 is 0 Å². The van der Waals surface area contributed by atoms with Crippen LogP contribution in [0.15, 0.2) is 16.8 Å². The van der Waals surface area contributed by atoms with Gasteiger partial charge in [0.15, 0.2) is 0 Å². The first-order valence-electron chi connectivity index (χ1n) is 6.44. The number of nitrogens with zero attached hydrogens (tertiary/aromatic N) is 1. The van der Waals surface area contributed by atoms with Gasteiger partial charge in [-0.1, -0.05) is 63.9 Å². The monoisotopic (exact) mass is 225 g/mol. The van der Waals surface area contributed by atoms with E-state index in [9.17, 15) is 0 Å². The van der Waals surface area contributed by atoms with Crippen molar-refractivity contribution >= 4 is 15.0 Å². The second kappa shape index (κ2) is 10.2. The van der Waals surface area contributed by atoms with Crippen LogP contribution in [0.5, 0.6) is 0 Å². The summed E-state index contributed by atoms with van der Waals surface area (Å²) in [6.07, 6.45) is 7.26. The summed E-state index contributed by atoms with van der Waals surface area (Å²) in [6.45, 7) is 11.9. The molecule has 0 N–H and O–H groups in total. The van der Waals surface area contributed by atoms with Crippen LogP contribution in [-0.2, 0) is 0 Å². The van der Waals surface area contributed by atoms with Crippen molar-refractivity contribution in [3.63, 3.8) is 0 Å². The Balaban J connectivity index is 3.62. The molecule has 0 rings (SSSR count). The van der Waals surface area contributed by atoms with Gasteiger partial charge in [-0.2, -0.15) is 0 Å². The van der Waals surface area contributed by atoms with E-state index in [-0.39, 0.29) is 0 Å². The molecule has 0 aliphatic heterocycles. The third kappa shape index (κ3) is 7.54. The molecule has 0 fully saturated rings. The van der Waals surface area contributed by atoms with Crippen molar-refractivity contribution in [2.75, 3.05) is 6.54 Å². The molecular formula is C13H27NSi. The van der Waals surface area contributed by atoms with E-state index in [1.807, 2.05) is 0 Å². The van der Waals surface area contributed by atoms with Crippen molar-refractivity contribution in [3.8, 4) is 0 Å². The molecule has 0 saturated heterocycles. The van der Waals surface area contributed by atoms with Gasteiger partial charge in [0, 0.05) is 12.8 Å². The number of hydrogen-bond acceptors (Lipinski definition) is 1. The lowest BCUT2D eigenvalue weighted by molar-refractivity contribution is 0.676. The minimum atomic E-state index is -0.695. The fourth-order valence-corrected chi connectivity index (χ4v) is 3.67. The number of hydrogen-bond donors (Lipinski definition) is 0. The van der Waals surface area contributed by atoms with Crippen LogP contribution < -0.4 is 0 Å². The Kier molecular flexibility index (Phi) is 9.90. The van der Waals surface area contributed by atoms with Crippen LogP contribution in [0.2, 0.25) is 12.1 Å². The molecule has 0 aromatic carbocycles. The molecule has 0 aliphatic rings. The Bertz CT molecular complexity index is 183. The van der Waals surface area contributed by atoms with Crippen LogP contribution in [0.4, 0.5) is 0 Å². The summed E-state index contributed by atoms with van der Waals surface area (Å²) < 4.78 is 0. The van der Waals surface area contributed by atoms with Crippen LogP contribution in [0, 0.1) is 0 Å². The predicted octanol–water partition coefficient (Wildman–Crippen LogP) is 4.00. The van der Waals surface area contributed by atoms with Crippen LogP contribution in [0.1, 0.15) is 46.5 Å². The van der Waals surface area contributed by atoms with Gasteiger partial charge in [-0.05, 0) is 6.42 Å². The van der Waals surface area contributed by atoms with Gasteiger partial charge in [0.1, 0.15) is 0 Å². The maximum Gasteiger partial charge on any atom is 0.0715 e. The minimum Gasteiger partial charge on any atom is -0.293 e. The summed E-state index contributed by atoms with van der Waals surface area (Å²) in [7, 11) is -0.695. The first kappa shape index (κ1) is 14.6. The van der Waals surface area contributed by atoms with Gasteiger partial charge in [0.25, 0.3) is 0 Å². The van der Waals surface area contributed by atoms with E-state index in [0.717, 1.165) is 6.54 Å². The number of rotatable bonds is 9. The smallest absolute Gasteiger partial charge is 0.0715 e. The van der Waals surface area contributed by atoms with Gasteiger partial charge in [0.2, 0.25) is 0 Å². The molecule has 2 heteroatoms. The molecule has 0 aromatic rings. The summed E-state index contributed by atoms with van der Waals surface area (Å²) in [5, 5.41) is 1.34. The molecule has 0 amide bonds. The van der Waals surface area contributed by atoms with Gasteiger partial charge in [-0.15, -0.1) is 0 Å². The highest BCUT2D eigenvalue weighted by molar-refractivity contribution is 6.70. The van der Waals surface area contributed by atoms with Gasteiger partial charge >= 0.3 is 0 Å². The Morgan fingerprint density at radius 1 is 1.13 bits per heavy atom. The zero-order valence-electron chi connectivity index (χ0n) is 10.8. The van der Waals surface area contributed by atoms with E-state index >= 15 is 0 Å². The summed E-state index contributed by atoms with van der Waals surface area (Å²) >= 11 is 0. The third-order valence-corrected chi connectivity index (χ3v) is 6.08. The highest BCUT2D eigenvalue weighted by atomic mass is 28.3. The molecular weight excluding hydrogens is 198 g/mol. The number of unbranched alkanes of at least 4 members (excludes halogenated alkanes) is 3. The van der Waals surface area contributed by atoms with E-state index in [2.05, 4.69) is 38.6 Å². The van der Waals surface area contributed by atoms with Crippen molar-refractivity contribution in [1.29, 1.82) is 0 Å². The molecule has 0 radical (unpaired) electrons. The standard InChI is InChI=1S/C13H27NSi/c1-5-8-9-10-11-14-12-13(4)15(6-2)7-3/h12,15H,4-11H2,1-3H3. The van der Waals surface area contributed by atoms with Crippen LogP contribution in [0.3, 0.4) is 0 Å². The molecule has 0 heterocycles. The fourth-order valence-electron chi connectivity index (χ4n) is 1.73. The SMILES string of the molecule is C=C(C=NCCCCCC)[SiH](CC)CC. The fraction of sp³-hybridized carbons (Fsp3) is 0.769. The highest BCUT2D eigenvalue weighted by Gasteiger charge is 2.06. The largest absolute Gasteiger partial charge is 0.293 e. The predicted molar refractivity (Wildman–Crippen MR) is 74.8 cm³/mol. The second-order valence-electron chi connectivity index (χ2n) is 4.18. The highest BCUT2D eigenvalue weighted by Crippen LogP contribution is 2.06. The summed E-state index contributed by atoms with van der Waals surface area (Å²) in [4.78, 5) is 4.47.